The molecule has 0 aliphatic rings. The Morgan fingerprint density at radius 1 is 1.00 bits per heavy atom. The zero-order valence-corrected chi connectivity index (χ0v) is 28.4. The molecule has 49 heavy (non-hydrogen) atoms. The molecule has 2 aromatic carbocycles. The molecule has 5 aromatic rings. The first-order chi connectivity index (χ1) is 23.3. The molecule has 2 amide bonds. The number of amides is 2. The number of rotatable bonds is 10. The second-order valence-electron chi connectivity index (χ2n) is 12.8. The number of carbonyl (C=O) groups excluding carboxylic acids is 3. The molecule has 0 fully saturated rings. The number of hydrogen-bond donors (Lipinski definition) is 1. The van der Waals surface area contributed by atoms with Crippen LogP contribution in [0, 0.1) is 12.7 Å². The second-order valence-corrected chi connectivity index (χ2v) is 12.8. The number of fused-ring (bicyclic) bond motifs is 1. The van der Waals surface area contributed by atoms with Crippen LogP contribution in [0.2, 0.25) is 0 Å². The fraction of sp³-hybridized carbons (Fsp3) is 0.297. The summed E-state index contributed by atoms with van der Waals surface area (Å²) in [7, 11) is 0. The van der Waals surface area contributed by atoms with Gasteiger partial charge in [-0.1, -0.05) is 24.3 Å². The molecule has 0 atom stereocenters. The van der Waals surface area contributed by atoms with E-state index in [1.807, 2.05) is 69.3 Å². The Hall–Kier alpha value is -5.65. The van der Waals surface area contributed by atoms with Crippen LogP contribution in [0.25, 0.3) is 33.4 Å². The van der Waals surface area contributed by atoms with Gasteiger partial charge in [0, 0.05) is 40.8 Å². The summed E-state index contributed by atoms with van der Waals surface area (Å²) in [6, 6.07) is 18.5. The number of benzene rings is 2. The maximum atomic E-state index is 14.6. The highest BCUT2D eigenvalue weighted by molar-refractivity contribution is 5.98. The Kier molecular flexibility index (Phi) is 10.4. The molecule has 0 radical (unpaired) electrons. The lowest BCUT2D eigenvalue weighted by Gasteiger charge is -2.29. The average Bonchev–Trinajstić information content (AvgIpc) is 3.44. The predicted molar refractivity (Wildman–Crippen MR) is 184 cm³/mol. The van der Waals surface area contributed by atoms with Gasteiger partial charge in [-0.05, 0) is 89.6 Å². The Balaban J connectivity index is 1.31. The molecule has 3 heterocycles. The van der Waals surface area contributed by atoms with Gasteiger partial charge in [0.05, 0.1) is 23.3 Å². The average molecular weight is 667 g/mol. The van der Waals surface area contributed by atoms with Gasteiger partial charge >= 0.3 is 12.1 Å². The van der Waals surface area contributed by atoms with Gasteiger partial charge in [-0.2, -0.15) is 5.10 Å². The summed E-state index contributed by atoms with van der Waals surface area (Å²) >= 11 is 0. The van der Waals surface area contributed by atoms with Gasteiger partial charge in [0.2, 0.25) is 5.91 Å². The van der Waals surface area contributed by atoms with Crippen LogP contribution in [0.4, 0.5) is 14.9 Å². The van der Waals surface area contributed by atoms with Gasteiger partial charge < -0.3 is 19.7 Å². The van der Waals surface area contributed by atoms with E-state index in [0.717, 1.165) is 39.9 Å². The van der Waals surface area contributed by atoms with E-state index in [-0.39, 0.29) is 37.0 Å². The van der Waals surface area contributed by atoms with Crippen molar-refractivity contribution in [2.45, 2.75) is 59.7 Å². The van der Waals surface area contributed by atoms with Gasteiger partial charge in [0.1, 0.15) is 30.3 Å². The molecule has 0 aliphatic carbocycles. The minimum atomic E-state index is -0.806. The third-order valence-corrected chi connectivity index (χ3v) is 7.37. The lowest BCUT2D eigenvalue weighted by Crippen LogP contribution is -2.42. The van der Waals surface area contributed by atoms with E-state index >= 15 is 0 Å². The molecule has 0 bridgehead atoms. The van der Waals surface area contributed by atoms with Crippen molar-refractivity contribution in [3.8, 4) is 22.5 Å². The number of hydrogen-bond acceptors (Lipinski definition) is 8. The number of esters is 1. The van der Waals surface area contributed by atoms with E-state index in [1.165, 1.54) is 15.6 Å². The van der Waals surface area contributed by atoms with Crippen molar-refractivity contribution in [3.05, 3.63) is 96.2 Å². The first-order valence-electron chi connectivity index (χ1n) is 15.9. The van der Waals surface area contributed by atoms with E-state index in [9.17, 15) is 18.8 Å². The zero-order valence-electron chi connectivity index (χ0n) is 28.4. The quantitative estimate of drug-likeness (QED) is 0.157. The van der Waals surface area contributed by atoms with Gasteiger partial charge in [-0.25, -0.2) is 14.0 Å². The summed E-state index contributed by atoms with van der Waals surface area (Å²) in [6.45, 7) is 10.6. The van der Waals surface area contributed by atoms with Crippen LogP contribution in [0.15, 0.2) is 79.1 Å². The molecular weight excluding hydrogens is 627 g/mol. The van der Waals surface area contributed by atoms with Crippen LogP contribution in [-0.4, -0.2) is 67.4 Å². The summed E-state index contributed by atoms with van der Waals surface area (Å²) < 4.78 is 26.9. The van der Waals surface area contributed by atoms with Gasteiger partial charge in [0.15, 0.2) is 0 Å². The minimum Gasteiger partial charge on any atom is -0.460 e. The van der Waals surface area contributed by atoms with Crippen LogP contribution in [-0.2, 0) is 20.8 Å². The number of carbonyl (C=O) groups is 3. The number of anilines is 1. The standard InChI is InChI=1S/C37H39FN6O5/c1-23(2)44(36(47)49-37(4,5)6)16-17-48-35(46)25-18-26(38)20-27(19-25)41-33(45)22-43-21-30(34(42-43)32-13-9-10-24(3)40-32)28-14-15-39-31-12-8-7-11-29(28)31/h7-15,18-21,23H,16-17,22H2,1-6H3,(H,41,45). The fourth-order valence-electron chi connectivity index (χ4n) is 5.22. The van der Waals surface area contributed by atoms with Crippen LogP contribution in [0.3, 0.4) is 0 Å². The number of nitrogens with one attached hydrogen (secondary N) is 1. The van der Waals surface area contributed by atoms with E-state index in [1.54, 1.807) is 33.2 Å². The Labute approximate surface area is 284 Å². The number of nitrogens with zero attached hydrogens (tertiary/aromatic N) is 5. The van der Waals surface area contributed by atoms with Crippen molar-refractivity contribution < 1.29 is 28.2 Å². The first kappa shape index (κ1) is 34.7. The largest absolute Gasteiger partial charge is 0.460 e. The highest BCUT2D eigenvalue weighted by Crippen LogP contribution is 2.34. The molecular formula is C37H39FN6O5. The normalized spacial score (nSPS) is 11.4. The van der Waals surface area contributed by atoms with E-state index in [4.69, 9.17) is 14.6 Å². The molecule has 1 N–H and O–H groups in total. The van der Waals surface area contributed by atoms with Gasteiger partial charge in [-0.15, -0.1) is 0 Å². The molecule has 3 aromatic heterocycles. The molecule has 254 valence electrons. The summed E-state index contributed by atoms with van der Waals surface area (Å²) in [4.78, 5) is 49.2. The van der Waals surface area contributed by atoms with Crippen LogP contribution < -0.4 is 5.32 Å². The van der Waals surface area contributed by atoms with Crippen molar-refractivity contribution in [1.29, 1.82) is 0 Å². The van der Waals surface area contributed by atoms with Crippen LogP contribution in [0.1, 0.15) is 50.7 Å². The predicted octanol–water partition coefficient (Wildman–Crippen LogP) is 7.05. The second kappa shape index (κ2) is 14.6. The third-order valence-electron chi connectivity index (χ3n) is 7.37. The van der Waals surface area contributed by atoms with E-state index in [2.05, 4.69) is 15.3 Å². The maximum Gasteiger partial charge on any atom is 0.410 e. The summed E-state index contributed by atoms with van der Waals surface area (Å²) in [5, 5.41) is 8.31. The summed E-state index contributed by atoms with van der Waals surface area (Å²) in [5.41, 5.74) is 3.81. The lowest BCUT2D eigenvalue weighted by molar-refractivity contribution is -0.116. The lowest BCUT2D eigenvalue weighted by atomic mass is 10.0. The number of halogens is 1. The van der Waals surface area contributed by atoms with Crippen molar-refractivity contribution in [1.82, 2.24) is 24.6 Å². The molecule has 0 unspecified atom stereocenters. The van der Waals surface area contributed by atoms with Crippen LogP contribution >= 0.6 is 0 Å². The van der Waals surface area contributed by atoms with Gasteiger partial charge in [0.25, 0.3) is 0 Å². The Morgan fingerprint density at radius 3 is 2.51 bits per heavy atom. The van der Waals surface area contributed by atoms with Crippen LogP contribution in [0.5, 0.6) is 0 Å². The van der Waals surface area contributed by atoms with Crippen molar-refractivity contribution >= 4 is 34.6 Å². The molecule has 0 aliphatic heterocycles. The number of aryl methyl sites for hydroxylation is 1. The van der Waals surface area contributed by atoms with Crippen molar-refractivity contribution in [2.24, 2.45) is 0 Å². The number of ether oxygens (including phenoxy) is 2. The maximum absolute atomic E-state index is 14.6. The SMILES string of the molecule is Cc1cccc(-c2nn(CC(=O)Nc3cc(F)cc(C(=O)OCCN(C(=O)OC(C)(C)C)C(C)C)c3)cc2-c2ccnc3ccccc23)n1. The number of para-hydroxylation sites is 1. The van der Waals surface area contributed by atoms with E-state index < -0.39 is 29.4 Å². The molecule has 11 nitrogen and oxygen atoms in total. The minimum absolute atomic E-state index is 0.0718. The highest BCUT2D eigenvalue weighted by atomic mass is 19.1. The van der Waals surface area contributed by atoms with Crippen molar-refractivity contribution in [3.63, 3.8) is 0 Å². The summed E-state index contributed by atoms with van der Waals surface area (Å²) in [5.74, 6) is -2.03. The monoisotopic (exact) mass is 666 g/mol. The molecule has 5 rings (SSSR count). The van der Waals surface area contributed by atoms with Crippen molar-refractivity contribution in [2.75, 3.05) is 18.5 Å². The molecule has 0 spiro atoms. The van der Waals surface area contributed by atoms with Gasteiger partial charge in [-0.3, -0.25) is 19.4 Å². The first-order valence-corrected chi connectivity index (χ1v) is 15.9. The highest BCUT2D eigenvalue weighted by Gasteiger charge is 2.25. The zero-order chi connectivity index (χ0) is 35.3. The Morgan fingerprint density at radius 2 is 1.78 bits per heavy atom. The number of aromatic nitrogens is 4. The fourth-order valence-corrected chi connectivity index (χ4v) is 5.22. The molecule has 0 saturated heterocycles. The third kappa shape index (κ3) is 8.83. The topological polar surface area (TPSA) is 129 Å². The number of pyridine rings is 2. The summed E-state index contributed by atoms with van der Waals surface area (Å²) in [6.07, 6.45) is 2.96. The van der Waals surface area contributed by atoms with E-state index in [0.29, 0.717) is 11.4 Å². The molecule has 0 saturated carbocycles. The smallest absolute Gasteiger partial charge is 0.410 e. The Bertz CT molecular complexity index is 2000. The molecule has 12 heteroatoms.